The van der Waals surface area contributed by atoms with E-state index in [1.54, 1.807) is 10.8 Å². The minimum absolute atomic E-state index is 0.175. The van der Waals surface area contributed by atoms with Crippen molar-refractivity contribution < 1.29 is 9.90 Å². The monoisotopic (exact) mass is 347 g/mol. The molecule has 5 heteroatoms. The zero-order valence-electron chi connectivity index (χ0n) is 11.3. The van der Waals surface area contributed by atoms with Gasteiger partial charge in [0.05, 0.1) is 0 Å². The molecule has 1 aromatic heterocycles. The second kappa shape index (κ2) is 5.48. The first-order chi connectivity index (χ1) is 10.0. The number of hydrogen-bond acceptors (Lipinski definition) is 2. The van der Waals surface area contributed by atoms with Crippen molar-refractivity contribution in [2.75, 3.05) is 0 Å². The molecule has 1 aliphatic rings. The third-order valence-corrected chi connectivity index (χ3v) is 4.44. The van der Waals surface area contributed by atoms with Gasteiger partial charge in [-0.25, -0.2) is 4.79 Å². The molecule has 4 nitrogen and oxygen atoms in total. The topological polar surface area (TPSA) is 59.3 Å². The van der Waals surface area contributed by atoms with Gasteiger partial charge in [-0.1, -0.05) is 22.0 Å². The number of pyridine rings is 1. The molecule has 0 saturated carbocycles. The second-order valence-corrected chi connectivity index (χ2v) is 6.22. The summed E-state index contributed by atoms with van der Waals surface area (Å²) >= 11 is 3.48. The standard InChI is InChI=1S/C16H14BrNO3/c17-12-3-4-13-10(7-12)1-2-11(13)8-18-6-5-15(19)14(9-18)16(20)21/h3-7,9,11H,1-2,8H2,(H,20,21). The summed E-state index contributed by atoms with van der Waals surface area (Å²) in [5, 5.41) is 9.02. The summed E-state index contributed by atoms with van der Waals surface area (Å²) in [7, 11) is 0. The molecule has 0 radical (unpaired) electrons. The molecule has 0 fully saturated rings. The van der Waals surface area contributed by atoms with Gasteiger partial charge in [-0.05, 0) is 36.1 Å². The van der Waals surface area contributed by atoms with E-state index in [9.17, 15) is 9.59 Å². The van der Waals surface area contributed by atoms with Gasteiger partial charge in [-0.15, -0.1) is 0 Å². The van der Waals surface area contributed by atoms with E-state index in [4.69, 9.17) is 5.11 Å². The maximum atomic E-state index is 11.5. The van der Waals surface area contributed by atoms with Crippen LogP contribution in [-0.4, -0.2) is 15.6 Å². The number of carboxylic acid groups (broad SMARTS) is 1. The summed E-state index contributed by atoms with van der Waals surface area (Å²) in [6, 6.07) is 7.62. The Kier molecular flexibility index (Phi) is 3.68. The van der Waals surface area contributed by atoms with E-state index in [1.165, 1.54) is 23.4 Å². The van der Waals surface area contributed by atoms with Crippen molar-refractivity contribution in [3.8, 4) is 0 Å². The first-order valence-corrected chi connectivity index (χ1v) is 7.55. The highest BCUT2D eigenvalue weighted by Crippen LogP contribution is 2.35. The zero-order valence-corrected chi connectivity index (χ0v) is 12.8. The number of hydrogen-bond donors (Lipinski definition) is 1. The molecule has 1 unspecified atom stereocenters. The lowest BCUT2D eigenvalue weighted by Gasteiger charge is -2.14. The molecule has 0 spiro atoms. The van der Waals surface area contributed by atoms with Crippen LogP contribution in [0.2, 0.25) is 0 Å². The smallest absolute Gasteiger partial charge is 0.341 e. The van der Waals surface area contributed by atoms with E-state index < -0.39 is 11.4 Å². The van der Waals surface area contributed by atoms with Gasteiger partial charge < -0.3 is 9.67 Å². The molecule has 0 aliphatic heterocycles. The maximum absolute atomic E-state index is 11.5. The summed E-state index contributed by atoms with van der Waals surface area (Å²) < 4.78 is 2.88. The molecule has 1 atom stereocenters. The van der Waals surface area contributed by atoms with Crippen molar-refractivity contribution in [1.82, 2.24) is 4.57 Å². The average Bonchev–Trinajstić information content (AvgIpc) is 2.83. The number of nitrogens with zero attached hydrogens (tertiary/aromatic N) is 1. The van der Waals surface area contributed by atoms with E-state index in [0.29, 0.717) is 12.5 Å². The highest BCUT2D eigenvalue weighted by atomic mass is 79.9. The number of carboxylic acids is 1. The van der Waals surface area contributed by atoms with Gasteiger partial charge in [0.1, 0.15) is 5.56 Å². The zero-order chi connectivity index (χ0) is 15.0. The van der Waals surface area contributed by atoms with Crippen LogP contribution in [0.1, 0.15) is 33.8 Å². The number of aromatic nitrogens is 1. The van der Waals surface area contributed by atoms with Crippen LogP contribution in [0.5, 0.6) is 0 Å². The van der Waals surface area contributed by atoms with Crippen molar-refractivity contribution >= 4 is 21.9 Å². The first kappa shape index (κ1) is 14.1. The average molecular weight is 348 g/mol. The van der Waals surface area contributed by atoms with Crippen LogP contribution in [-0.2, 0) is 13.0 Å². The third-order valence-electron chi connectivity index (χ3n) is 3.95. The molecule has 108 valence electrons. The van der Waals surface area contributed by atoms with E-state index in [2.05, 4.69) is 28.1 Å². The number of aromatic carboxylic acids is 1. The lowest BCUT2D eigenvalue weighted by Crippen LogP contribution is -2.18. The van der Waals surface area contributed by atoms with Crippen molar-refractivity contribution in [2.45, 2.75) is 25.3 Å². The number of aryl methyl sites for hydroxylation is 1. The fraction of sp³-hybridized carbons (Fsp3) is 0.250. The summed E-state index contributed by atoms with van der Waals surface area (Å²) in [6.07, 6.45) is 5.17. The molecule has 21 heavy (non-hydrogen) atoms. The Morgan fingerprint density at radius 2 is 2.19 bits per heavy atom. The Bertz CT molecular complexity index is 766. The van der Waals surface area contributed by atoms with Crippen LogP contribution in [0.4, 0.5) is 0 Å². The Balaban J connectivity index is 1.88. The molecule has 1 heterocycles. The number of rotatable bonds is 3. The van der Waals surface area contributed by atoms with Gasteiger partial charge >= 0.3 is 5.97 Å². The van der Waals surface area contributed by atoms with Crippen LogP contribution < -0.4 is 5.43 Å². The predicted molar refractivity (Wildman–Crippen MR) is 82.9 cm³/mol. The minimum atomic E-state index is -1.18. The summed E-state index contributed by atoms with van der Waals surface area (Å²) in [6.45, 7) is 0.690. The van der Waals surface area contributed by atoms with Crippen LogP contribution in [0, 0.1) is 0 Å². The van der Waals surface area contributed by atoms with Gasteiger partial charge in [0.25, 0.3) is 0 Å². The van der Waals surface area contributed by atoms with Gasteiger partial charge in [-0.3, -0.25) is 4.79 Å². The SMILES string of the molecule is O=C(O)c1cn(CC2CCc3cc(Br)ccc32)ccc1=O. The molecule has 1 aromatic carbocycles. The predicted octanol–water partition coefficient (Wildman–Crippen LogP) is 3.04. The second-order valence-electron chi connectivity index (χ2n) is 5.30. The highest BCUT2D eigenvalue weighted by molar-refractivity contribution is 9.10. The Morgan fingerprint density at radius 1 is 1.38 bits per heavy atom. The highest BCUT2D eigenvalue weighted by Gasteiger charge is 2.23. The summed E-state index contributed by atoms with van der Waals surface area (Å²) in [5.74, 6) is -0.817. The Hall–Kier alpha value is -1.88. The van der Waals surface area contributed by atoms with Crippen molar-refractivity contribution in [2.24, 2.45) is 0 Å². The molecule has 0 amide bonds. The van der Waals surface area contributed by atoms with E-state index in [1.807, 2.05) is 6.07 Å². The van der Waals surface area contributed by atoms with E-state index >= 15 is 0 Å². The van der Waals surface area contributed by atoms with Crippen LogP contribution in [0.15, 0.2) is 45.9 Å². The lowest BCUT2D eigenvalue weighted by atomic mass is 10.0. The van der Waals surface area contributed by atoms with Gasteiger partial charge in [0.2, 0.25) is 0 Å². The molecule has 3 rings (SSSR count). The van der Waals surface area contributed by atoms with Crippen LogP contribution >= 0.6 is 15.9 Å². The van der Waals surface area contributed by atoms with Crippen LogP contribution in [0.25, 0.3) is 0 Å². The summed E-state index contributed by atoms with van der Waals surface area (Å²) in [4.78, 5) is 22.5. The maximum Gasteiger partial charge on any atom is 0.341 e. The third kappa shape index (κ3) is 2.78. The van der Waals surface area contributed by atoms with Crippen LogP contribution in [0.3, 0.4) is 0 Å². The fourth-order valence-corrected chi connectivity index (χ4v) is 3.33. The normalized spacial score (nSPS) is 16.7. The van der Waals surface area contributed by atoms with Gasteiger partial charge in [-0.2, -0.15) is 0 Å². The van der Waals surface area contributed by atoms with Crippen molar-refractivity contribution in [1.29, 1.82) is 0 Å². The molecular weight excluding hydrogens is 334 g/mol. The molecule has 1 aliphatic carbocycles. The largest absolute Gasteiger partial charge is 0.477 e. The number of carbonyl (C=O) groups is 1. The number of halogens is 1. The quantitative estimate of drug-likeness (QED) is 0.928. The molecule has 0 saturated heterocycles. The molecular formula is C16H14BrNO3. The Labute approximate surface area is 130 Å². The Morgan fingerprint density at radius 3 is 2.95 bits per heavy atom. The lowest BCUT2D eigenvalue weighted by molar-refractivity contribution is 0.0694. The van der Waals surface area contributed by atoms with Gasteiger partial charge in [0, 0.05) is 35.4 Å². The van der Waals surface area contributed by atoms with E-state index in [0.717, 1.165) is 17.3 Å². The minimum Gasteiger partial charge on any atom is -0.477 e. The van der Waals surface area contributed by atoms with Crippen molar-refractivity contribution in [3.63, 3.8) is 0 Å². The number of benzene rings is 1. The molecule has 2 aromatic rings. The fourth-order valence-electron chi connectivity index (χ4n) is 2.92. The first-order valence-electron chi connectivity index (χ1n) is 6.76. The molecule has 1 N–H and O–H groups in total. The van der Waals surface area contributed by atoms with Gasteiger partial charge in [0.15, 0.2) is 5.43 Å². The number of fused-ring (bicyclic) bond motifs is 1. The summed E-state index contributed by atoms with van der Waals surface area (Å²) in [5.41, 5.74) is 2.03. The van der Waals surface area contributed by atoms with Crippen molar-refractivity contribution in [3.05, 3.63) is 68.0 Å². The molecule has 0 bridgehead atoms. The van der Waals surface area contributed by atoms with E-state index in [-0.39, 0.29) is 5.56 Å².